The van der Waals surface area contributed by atoms with Crippen LogP contribution in [0.5, 0.6) is 0 Å². The van der Waals surface area contributed by atoms with Crippen LogP contribution in [0.2, 0.25) is 0 Å². The number of hydrogen-bond acceptors (Lipinski definition) is 4. The number of nitrogens with one attached hydrogen (secondary N) is 1. The molecule has 0 bridgehead atoms. The number of hydrogen-bond donors (Lipinski definition) is 1. The summed E-state index contributed by atoms with van der Waals surface area (Å²) in [6.07, 6.45) is 20.2. The molecule has 1 rings (SSSR count). The van der Waals surface area contributed by atoms with Gasteiger partial charge in [0.15, 0.2) is 0 Å². The van der Waals surface area contributed by atoms with E-state index in [1.807, 2.05) is 13.8 Å². The third-order valence-corrected chi connectivity index (χ3v) is 6.44. The van der Waals surface area contributed by atoms with Crippen molar-refractivity contribution in [1.29, 1.82) is 0 Å². The van der Waals surface area contributed by atoms with E-state index in [1.165, 1.54) is 70.6 Å². The highest BCUT2D eigenvalue weighted by Crippen LogP contribution is 2.27. The summed E-state index contributed by atoms with van der Waals surface area (Å²) in [7, 11) is 0. The van der Waals surface area contributed by atoms with E-state index in [0.29, 0.717) is 13.2 Å². The van der Waals surface area contributed by atoms with Gasteiger partial charge in [-0.25, -0.2) is 9.59 Å². The van der Waals surface area contributed by atoms with Crippen LogP contribution < -0.4 is 5.32 Å². The Bertz CT molecular complexity index is 474. The molecule has 0 aromatic heterocycles. The van der Waals surface area contributed by atoms with E-state index in [4.69, 9.17) is 9.47 Å². The molecule has 0 heterocycles. The summed E-state index contributed by atoms with van der Waals surface area (Å²) in [5.74, 6) is 0.137. The van der Waals surface area contributed by atoms with Crippen LogP contribution >= 0.6 is 0 Å². The Morgan fingerprint density at radius 2 is 1.31 bits per heavy atom. The van der Waals surface area contributed by atoms with Gasteiger partial charge in [0, 0.05) is 0 Å². The average molecular weight is 454 g/mol. The summed E-state index contributed by atoms with van der Waals surface area (Å²) in [4.78, 5) is 24.9. The lowest BCUT2D eigenvalue weighted by Gasteiger charge is -2.29. The maximum atomic E-state index is 12.7. The number of esters is 1. The van der Waals surface area contributed by atoms with E-state index in [0.717, 1.165) is 38.5 Å². The highest BCUT2D eigenvalue weighted by Gasteiger charge is 2.32. The van der Waals surface area contributed by atoms with Crippen LogP contribution in [-0.4, -0.2) is 31.3 Å². The molecule has 0 spiro atoms. The smallest absolute Gasteiger partial charge is 0.407 e. The van der Waals surface area contributed by atoms with E-state index in [-0.39, 0.29) is 17.8 Å². The van der Waals surface area contributed by atoms with Crippen molar-refractivity contribution in [2.75, 3.05) is 13.2 Å². The van der Waals surface area contributed by atoms with E-state index in [2.05, 4.69) is 12.2 Å². The molecular weight excluding hydrogens is 402 g/mol. The molecule has 188 valence electrons. The molecule has 5 nitrogen and oxygen atoms in total. The molecule has 1 saturated carbocycles. The summed E-state index contributed by atoms with van der Waals surface area (Å²) in [5.41, 5.74) is 0. The lowest BCUT2D eigenvalue weighted by Crippen LogP contribution is -2.47. The Hall–Kier alpha value is -1.26. The first-order valence-corrected chi connectivity index (χ1v) is 13.6. The molecule has 0 aliphatic heterocycles. The number of amides is 1. The summed E-state index contributed by atoms with van der Waals surface area (Å²) in [6.45, 7) is 7.06. The number of ether oxygens (including phenoxy) is 2. The molecule has 1 unspecified atom stereocenters. The van der Waals surface area contributed by atoms with Crippen LogP contribution in [0.4, 0.5) is 4.79 Å². The first-order valence-electron chi connectivity index (χ1n) is 13.6. The Kier molecular flexibility index (Phi) is 17.3. The van der Waals surface area contributed by atoms with E-state index < -0.39 is 12.1 Å². The van der Waals surface area contributed by atoms with Gasteiger partial charge in [-0.3, -0.25) is 0 Å². The number of unbranched alkanes of at least 4 members (excludes halogenated alkanes) is 11. The predicted octanol–water partition coefficient (Wildman–Crippen LogP) is 7.56. The summed E-state index contributed by atoms with van der Waals surface area (Å²) >= 11 is 0. The number of carbonyl (C=O) groups is 2. The lowest BCUT2D eigenvalue weighted by molar-refractivity contribution is -0.148. The molecule has 0 radical (unpaired) electrons. The standard InChI is InChI=1S/C27H51NO4/c1-4-5-6-7-8-9-10-11-12-13-14-18-21-31-26(29)25(24-19-16-15-17-20-24)28-27(30)32-22-23(2)3/h23-25H,4-22H2,1-3H3,(H,28,30). The number of alkyl carbamates (subject to hydrolysis) is 1. The monoisotopic (exact) mass is 453 g/mol. The second-order valence-electron chi connectivity index (χ2n) is 10.1. The molecule has 1 fully saturated rings. The van der Waals surface area contributed by atoms with Crippen molar-refractivity contribution in [3.8, 4) is 0 Å². The second kappa shape index (κ2) is 19.2. The van der Waals surface area contributed by atoms with Gasteiger partial charge >= 0.3 is 12.1 Å². The Labute approximate surface area is 197 Å². The maximum Gasteiger partial charge on any atom is 0.407 e. The van der Waals surface area contributed by atoms with Gasteiger partial charge in [0.05, 0.1) is 13.2 Å². The van der Waals surface area contributed by atoms with Gasteiger partial charge in [-0.05, 0) is 31.1 Å². The van der Waals surface area contributed by atoms with Crippen molar-refractivity contribution in [3.63, 3.8) is 0 Å². The van der Waals surface area contributed by atoms with Crippen molar-refractivity contribution in [3.05, 3.63) is 0 Å². The fourth-order valence-electron chi connectivity index (χ4n) is 4.45. The summed E-state index contributed by atoms with van der Waals surface area (Å²) in [6, 6.07) is -0.577. The second-order valence-corrected chi connectivity index (χ2v) is 10.1. The summed E-state index contributed by atoms with van der Waals surface area (Å²) < 4.78 is 10.8. The number of carbonyl (C=O) groups excluding carboxylic acids is 2. The quantitative estimate of drug-likeness (QED) is 0.172. The van der Waals surface area contributed by atoms with Crippen LogP contribution in [-0.2, 0) is 14.3 Å². The molecule has 1 aliphatic carbocycles. The molecular formula is C27H51NO4. The van der Waals surface area contributed by atoms with Gasteiger partial charge in [0.1, 0.15) is 6.04 Å². The summed E-state index contributed by atoms with van der Waals surface area (Å²) in [5, 5.41) is 2.80. The minimum atomic E-state index is -0.577. The minimum Gasteiger partial charge on any atom is -0.464 e. The maximum absolute atomic E-state index is 12.7. The molecule has 32 heavy (non-hydrogen) atoms. The van der Waals surface area contributed by atoms with Crippen molar-refractivity contribution < 1.29 is 19.1 Å². The third kappa shape index (κ3) is 14.7. The normalized spacial score (nSPS) is 15.5. The number of rotatable bonds is 18. The topological polar surface area (TPSA) is 64.6 Å². The zero-order valence-corrected chi connectivity index (χ0v) is 21.3. The Balaban J connectivity index is 2.17. The van der Waals surface area contributed by atoms with Gasteiger partial charge in [-0.1, -0.05) is 111 Å². The van der Waals surface area contributed by atoms with Gasteiger partial charge in [-0.15, -0.1) is 0 Å². The largest absolute Gasteiger partial charge is 0.464 e. The van der Waals surface area contributed by atoms with Crippen molar-refractivity contribution in [2.24, 2.45) is 11.8 Å². The molecule has 1 atom stereocenters. The molecule has 5 heteroatoms. The van der Waals surface area contributed by atoms with Gasteiger partial charge in [-0.2, -0.15) is 0 Å². The SMILES string of the molecule is CCCCCCCCCCCCCCOC(=O)C(NC(=O)OCC(C)C)C1CCCCC1. The zero-order chi connectivity index (χ0) is 23.4. The Morgan fingerprint density at radius 3 is 1.84 bits per heavy atom. The van der Waals surface area contributed by atoms with Crippen molar-refractivity contribution in [1.82, 2.24) is 5.32 Å². The zero-order valence-electron chi connectivity index (χ0n) is 21.3. The van der Waals surface area contributed by atoms with Gasteiger partial charge in [0.25, 0.3) is 0 Å². The van der Waals surface area contributed by atoms with Crippen molar-refractivity contribution in [2.45, 2.75) is 136 Å². The fourth-order valence-corrected chi connectivity index (χ4v) is 4.45. The molecule has 0 aromatic rings. The van der Waals surface area contributed by atoms with E-state index in [1.54, 1.807) is 0 Å². The van der Waals surface area contributed by atoms with Crippen molar-refractivity contribution >= 4 is 12.1 Å². The first kappa shape index (κ1) is 28.8. The molecule has 0 aromatic carbocycles. The van der Waals surface area contributed by atoms with Gasteiger partial charge in [0.2, 0.25) is 0 Å². The van der Waals surface area contributed by atoms with Crippen LogP contribution in [0, 0.1) is 11.8 Å². The van der Waals surface area contributed by atoms with Crippen LogP contribution in [0.1, 0.15) is 130 Å². The Morgan fingerprint density at radius 1 is 0.781 bits per heavy atom. The highest BCUT2D eigenvalue weighted by atomic mass is 16.6. The molecule has 1 aliphatic rings. The van der Waals surface area contributed by atoms with Crippen LogP contribution in [0.15, 0.2) is 0 Å². The minimum absolute atomic E-state index is 0.157. The van der Waals surface area contributed by atoms with E-state index in [9.17, 15) is 9.59 Å². The van der Waals surface area contributed by atoms with Gasteiger partial charge < -0.3 is 14.8 Å². The van der Waals surface area contributed by atoms with Crippen LogP contribution in [0.25, 0.3) is 0 Å². The predicted molar refractivity (Wildman–Crippen MR) is 132 cm³/mol. The molecule has 1 amide bonds. The molecule has 1 N–H and O–H groups in total. The van der Waals surface area contributed by atoms with Crippen LogP contribution in [0.3, 0.4) is 0 Å². The third-order valence-electron chi connectivity index (χ3n) is 6.44. The fraction of sp³-hybridized carbons (Fsp3) is 0.926. The molecule has 0 saturated heterocycles. The lowest BCUT2D eigenvalue weighted by atomic mass is 9.84. The highest BCUT2D eigenvalue weighted by molar-refractivity contribution is 5.81. The average Bonchev–Trinajstić information content (AvgIpc) is 2.79. The van der Waals surface area contributed by atoms with E-state index >= 15 is 0 Å². The first-order chi connectivity index (χ1) is 15.5.